The second-order valence-corrected chi connectivity index (χ2v) is 12.3. The molecule has 0 amide bonds. The summed E-state index contributed by atoms with van der Waals surface area (Å²) >= 11 is 0.956. The van der Waals surface area contributed by atoms with Crippen LogP contribution in [0.3, 0.4) is 0 Å². The molecule has 0 N–H and O–H groups in total. The fourth-order valence-corrected chi connectivity index (χ4v) is 6.10. The van der Waals surface area contributed by atoms with Crippen LogP contribution in [0.5, 0.6) is 5.75 Å². The van der Waals surface area contributed by atoms with E-state index in [1.165, 1.54) is 43.9 Å². The van der Waals surface area contributed by atoms with Crippen LogP contribution in [-0.4, -0.2) is 19.2 Å². The molecule has 0 radical (unpaired) electrons. The van der Waals surface area contributed by atoms with Gasteiger partial charge in [0.1, 0.15) is 5.75 Å². The minimum absolute atomic E-state index is 0.0658. The van der Waals surface area contributed by atoms with Crippen LogP contribution in [0, 0.1) is 0 Å². The van der Waals surface area contributed by atoms with E-state index in [1.807, 2.05) is 12.1 Å². The lowest BCUT2D eigenvalue weighted by Crippen LogP contribution is -2.11. The monoisotopic (exact) mass is 630 g/mol. The van der Waals surface area contributed by atoms with Gasteiger partial charge >= 0.3 is 12.1 Å². The van der Waals surface area contributed by atoms with Crippen molar-refractivity contribution in [2.24, 2.45) is 0 Å². The summed E-state index contributed by atoms with van der Waals surface area (Å²) in [5.41, 5.74) is -0.0999. The maximum Gasteiger partial charge on any atom is 0.417 e. The number of rotatable bonds is 20. The quantitative estimate of drug-likeness (QED) is 0.0708. The van der Waals surface area contributed by atoms with Gasteiger partial charge in [0.05, 0.1) is 18.8 Å². The van der Waals surface area contributed by atoms with Crippen molar-refractivity contribution in [2.45, 2.75) is 103 Å². The Morgan fingerprint density at radius 2 is 1.48 bits per heavy atom. The van der Waals surface area contributed by atoms with Crippen molar-refractivity contribution >= 4 is 27.4 Å². The molecule has 0 saturated heterocycles. The van der Waals surface area contributed by atoms with E-state index in [1.54, 1.807) is 18.2 Å². The first kappa shape index (κ1) is 35.4. The number of benzene rings is 2. The molecule has 0 spiro atoms. The number of carbonyl (C=O) groups is 1. The van der Waals surface area contributed by atoms with Crippen molar-refractivity contribution in [3.05, 3.63) is 75.8 Å². The van der Waals surface area contributed by atoms with Crippen molar-refractivity contribution in [3.63, 3.8) is 0 Å². The van der Waals surface area contributed by atoms with Gasteiger partial charge in [-0.3, -0.25) is 4.79 Å². The molecule has 4 nitrogen and oxygen atoms in total. The number of hydrogen-bond acceptors (Lipinski definition) is 5. The zero-order chi connectivity index (χ0) is 31.8. The van der Waals surface area contributed by atoms with E-state index in [0.29, 0.717) is 41.0 Å². The lowest BCUT2D eigenvalue weighted by molar-refractivity contribution is -0.138. The predicted molar refractivity (Wildman–Crippen MR) is 175 cm³/mol. The van der Waals surface area contributed by atoms with Gasteiger partial charge < -0.3 is 9.47 Å². The molecule has 0 atom stereocenters. The van der Waals surface area contributed by atoms with Crippen LogP contribution in [0.4, 0.5) is 13.2 Å². The van der Waals surface area contributed by atoms with Crippen LogP contribution in [0.25, 0.3) is 21.2 Å². The van der Waals surface area contributed by atoms with Gasteiger partial charge in [-0.2, -0.15) is 13.2 Å². The molecule has 0 aliphatic carbocycles. The van der Waals surface area contributed by atoms with Gasteiger partial charge in [0.2, 0.25) is 4.74 Å². The highest BCUT2D eigenvalue weighted by atomic mass is 32.1. The Balaban J connectivity index is 1.44. The fourth-order valence-electron chi connectivity index (χ4n) is 5.20. The molecule has 2 aromatic carbocycles. The number of unbranched alkanes of at least 4 members (excludes halogenated alkanes) is 11. The lowest BCUT2D eigenvalue weighted by Gasteiger charge is -2.15. The lowest BCUT2D eigenvalue weighted by atomic mass is 9.96. The van der Waals surface area contributed by atoms with Crippen LogP contribution in [0.2, 0.25) is 0 Å². The van der Waals surface area contributed by atoms with Gasteiger partial charge in [-0.25, -0.2) is 4.79 Å². The molecule has 8 heteroatoms. The fraction of sp³-hybridized carbons (Fsp3) is 0.500. The van der Waals surface area contributed by atoms with Gasteiger partial charge in [0.15, 0.2) is 0 Å². The molecular weight excluding hydrogens is 585 g/mol. The first-order chi connectivity index (χ1) is 21.2. The Labute approximate surface area is 263 Å². The van der Waals surface area contributed by atoms with Crippen molar-refractivity contribution in [2.75, 3.05) is 13.2 Å². The minimum atomic E-state index is -4.55. The van der Waals surface area contributed by atoms with Crippen LogP contribution < -0.4 is 9.48 Å². The molecule has 0 saturated carbocycles. The summed E-state index contributed by atoms with van der Waals surface area (Å²) in [6.45, 7) is 6.48. The Morgan fingerprint density at radius 3 is 2.11 bits per heavy atom. The second kappa shape index (κ2) is 18.6. The number of fused-ring (bicyclic) bond motifs is 1. The second-order valence-electron chi connectivity index (χ2n) is 11.2. The zero-order valence-corrected chi connectivity index (χ0v) is 26.6. The van der Waals surface area contributed by atoms with E-state index in [-0.39, 0.29) is 17.1 Å². The summed E-state index contributed by atoms with van der Waals surface area (Å²) in [4.78, 5) is 24.0. The van der Waals surface area contributed by atoms with E-state index < -0.39 is 16.5 Å². The summed E-state index contributed by atoms with van der Waals surface area (Å²) in [6, 6.07) is 11.4. The van der Waals surface area contributed by atoms with E-state index in [4.69, 9.17) is 9.47 Å². The Hall–Kier alpha value is -3.13. The molecule has 0 aliphatic rings. The molecule has 240 valence electrons. The third-order valence-electron chi connectivity index (χ3n) is 7.67. The van der Waals surface area contributed by atoms with Crippen molar-refractivity contribution in [3.8, 4) is 16.9 Å². The highest BCUT2D eigenvalue weighted by molar-refractivity contribution is 7.16. The maximum atomic E-state index is 14.0. The largest absolute Gasteiger partial charge is 0.494 e. The summed E-state index contributed by atoms with van der Waals surface area (Å²) in [5, 5.41) is 0.716. The molecular formula is C36H45F3O4S. The number of esters is 1. The Kier molecular flexibility index (Phi) is 15.0. The molecule has 3 aromatic rings. The third-order valence-corrected chi connectivity index (χ3v) is 8.65. The average Bonchev–Trinajstić information content (AvgIpc) is 3.00. The van der Waals surface area contributed by atoms with Crippen molar-refractivity contribution < 1.29 is 27.4 Å². The predicted octanol–water partition coefficient (Wildman–Crippen LogP) is 10.7. The van der Waals surface area contributed by atoms with Gasteiger partial charge in [-0.05, 0) is 72.5 Å². The normalized spacial score (nSPS) is 11.5. The number of hydrogen-bond donors (Lipinski definition) is 0. The average molecular weight is 631 g/mol. The van der Waals surface area contributed by atoms with Gasteiger partial charge in [-0.15, -0.1) is 0 Å². The number of carbonyl (C=O) groups excluding carboxylic acids is 1. The van der Waals surface area contributed by atoms with Crippen LogP contribution in [-0.2, 0) is 22.1 Å². The maximum absolute atomic E-state index is 14.0. The molecule has 1 heterocycles. The van der Waals surface area contributed by atoms with Crippen LogP contribution in [0.15, 0.2) is 59.9 Å². The van der Waals surface area contributed by atoms with Gasteiger partial charge in [0.25, 0.3) is 0 Å². The molecule has 0 unspecified atom stereocenters. The first-order valence-corrected chi connectivity index (χ1v) is 16.7. The molecule has 1 aromatic heterocycles. The molecule has 0 bridgehead atoms. The SMILES string of the molecule is C=CC(=O)OCCCCCCCCCCCCOc1ccc2cc(-c3ccc(CCCCC)cc3C(F)(F)F)c(=O)sc2c1. The standard InChI is InChI=1S/C36H45F3O4S/c1-3-5-14-17-27-18-21-30(32(24-27)36(37,38)39)31-25-28-19-20-29(26-33(28)44-35(31)41)42-22-15-12-10-8-6-7-9-11-13-16-23-43-34(40)4-2/h4,18-21,24-26H,2-3,5-17,22-23H2,1H3. The summed E-state index contributed by atoms with van der Waals surface area (Å²) in [5.74, 6) is 0.302. The van der Waals surface area contributed by atoms with Gasteiger partial charge in [-0.1, -0.05) is 101 Å². The summed E-state index contributed by atoms with van der Waals surface area (Å²) < 4.78 is 53.2. The first-order valence-electron chi connectivity index (χ1n) is 15.9. The molecule has 44 heavy (non-hydrogen) atoms. The highest BCUT2D eigenvalue weighted by Gasteiger charge is 2.34. The van der Waals surface area contributed by atoms with E-state index in [0.717, 1.165) is 69.1 Å². The number of halogens is 3. The Morgan fingerprint density at radius 1 is 0.818 bits per heavy atom. The topological polar surface area (TPSA) is 52.6 Å². The minimum Gasteiger partial charge on any atom is -0.494 e. The number of ether oxygens (including phenoxy) is 2. The van der Waals surface area contributed by atoms with Crippen LogP contribution >= 0.6 is 11.3 Å². The highest BCUT2D eigenvalue weighted by Crippen LogP contribution is 2.38. The third kappa shape index (κ3) is 11.8. The number of aryl methyl sites for hydroxylation is 1. The van der Waals surface area contributed by atoms with E-state index >= 15 is 0 Å². The molecule has 0 aliphatic heterocycles. The summed E-state index contributed by atoms with van der Waals surface area (Å²) in [6.07, 6.45) is 11.1. The molecule has 3 rings (SSSR count). The van der Waals surface area contributed by atoms with Crippen molar-refractivity contribution in [1.29, 1.82) is 0 Å². The Bertz CT molecular complexity index is 1400. The zero-order valence-electron chi connectivity index (χ0n) is 25.8. The summed E-state index contributed by atoms with van der Waals surface area (Å²) in [7, 11) is 0. The van der Waals surface area contributed by atoms with Crippen molar-refractivity contribution in [1.82, 2.24) is 0 Å². The number of alkyl halides is 3. The molecule has 0 fully saturated rings. The smallest absolute Gasteiger partial charge is 0.417 e. The van der Waals surface area contributed by atoms with Crippen LogP contribution in [0.1, 0.15) is 102 Å². The van der Waals surface area contributed by atoms with Gasteiger partial charge in [0, 0.05) is 16.3 Å². The van der Waals surface area contributed by atoms with E-state index in [9.17, 15) is 22.8 Å². The van der Waals surface area contributed by atoms with E-state index in [2.05, 4.69) is 13.5 Å².